The maximum atomic E-state index is 9.78. The number of rotatable bonds is 2. The van der Waals surface area contributed by atoms with Gasteiger partial charge < -0.3 is 10.1 Å². The van der Waals surface area contributed by atoms with Gasteiger partial charge in [0, 0.05) is 10.3 Å². The Morgan fingerprint density at radius 2 is 2.17 bits per heavy atom. The number of aromatic nitrogens is 1. The molecule has 0 unspecified atom stereocenters. The number of phenols is 1. The fourth-order valence-corrected chi connectivity index (χ4v) is 3.44. The number of thiophene rings is 1. The van der Waals surface area contributed by atoms with E-state index in [0.29, 0.717) is 0 Å². The largest absolute Gasteiger partial charge is 0.506 e. The van der Waals surface area contributed by atoms with E-state index in [2.05, 4.69) is 11.9 Å². The zero-order valence-corrected chi connectivity index (χ0v) is 11.4. The summed E-state index contributed by atoms with van der Waals surface area (Å²) in [6.07, 6.45) is 0.939. The number of benzene rings is 1. The van der Waals surface area contributed by atoms with Gasteiger partial charge in [0.15, 0.2) is 0 Å². The summed E-state index contributed by atoms with van der Waals surface area (Å²) < 4.78 is 0. The van der Waals surface area contributed by atoms with E-state index >= 15 is 0 Å². The standard InChI is InChI=1S/C14H12ClNOS/c1-2-12-9(15)7-13(18-12)10-6-8-4-3-5-11(17)14(8)16-10/h3-7,16-17H,2H2,1H3. The van der Waals surface area contributed by atoms with Gasteiger partial charge >= 0.3 is 0 Å². The first-order valence-corrected chi connectivity index (χ1v) is 6.97. The van der Waals surface area contributed by atoms with Gasteiger partial charge in [0.25, 0.3) is 0 Å². The molecular weight excluding hydrogens is 266 g/mol. The summed E-state index contributed by atoms with van der Waals surface area (Å²) in [7, 11) is 0. The van der Waals surface area contributed by atoms with Crippen molar-refractivity contribution < 1.29 is 5.11 Å². The van der Waals surface area contributed by atoms with Crippen molar-refractivity contribution in [2.24, 2.45) is 0 Å². The molecule has 0 spiro atoms. The molecule has 18 heavy (non-hydrogen) atoms. The van der Waals surface area contributed by atoms with Crippen LogP contribution >= 0.6 is 22.9 Å². The molecule has 0 aliphatic heterocycles. The molecule has 0 aliphatic rings. The van der Waals surface area contributed by atoms with Crippen LogP contribution in [0, 0.1) is 0 Å². The van der Waals surface area contributed by atoms with Gasteiger partial charge in [-0.3, -0.25) is 0 Å². The highest BCUT2D eigenvalue weighted by Crippen LogP contribution is 2.36. The highest BCUT2D eigenvalue weighted by Gasteiger charge is 2.11. The number of hydrogen-bond donors (Lipinski definition) is 2. The van der Waals surface area contributed by atoms with E-state index in [0.717, 1.165) is 32.9 Å². The molecule has 0 saturated carbocycles. The molecule has 2 aromatic heterocycles. The summed E-state index contributed by atoms with van der Waals surface area (Å²) in [4.78, 5) is 5.54. The SMILES string of the molecule is CCc1sc(-c2cc3cccc(O)c3[nH]2)cc1Cl. The predicted molar refractivity (Wildman–Crippen MR) is 77.7 cm³/mol. The predicted octanol–water partition coefficient (Wildman–Crippen LogP) is 4.82. The summed E-state index contributed by atoms with van der Waals surface area (Å²) in [6.45, 7) is 2.10. The van der Waals surface area contributed by atoms with Gasteiger partial charge in [-0.15, -0.1) is 11.3 Å². The van der Waals surface area contributed by atoms with Crippen molar-refractivity contribution >= 4 is 33.8 Å². The molecule has 0 saturated heterocycles. The number of aromatic amines is 1. The molecule has 0 fully saturated rings. The third kappa shape index (κ3) is 1.80. The Kier molecular flexibility index (Phi) is 2.80. The van der Waals surface area contributed by atoms with Crippen molar-refractivity contribution in [3.05, 3.63) is 40.2 Å². The highest BCUT2D eigenvalue weighted by atomic mass is 35.5. The van der Waals surface area contributed by atoms with Crippen LogP contribution in [-0.2, 0) is 6.42 Å². The summed E-state index contributed by atoms with van der Waals surface area (Å²) >= 11 is 7.86. The Bertz CT molecular complexity index is 714. The number of H-pyrrole nitrogens is 1. The van der Waals surface area contributed by atoms with Crippen LogP contribution in [0.5, 0.6) is 5.75 Å². The first kappa shape index (κ1) is 11.6. The van der Waals surface area contributed by atoms with Crippen LogP contribution in [0.1, 0.15) is 11.8 Å². The molecule has 2 N–H and O–H groups in total. The number of halogens is 1. The summed E-state index contributed by atoms with van der Waals surface area (Å²) in [5, 5.41) is 11.6. The molecule has 0 atom stereocenters. The molecule has 4 heteroatoms. The lowest BCUT2D eigenvalue weighted by Gasteiger charge is -1.92. The average Bonchev–Trinajstić information content (AvgIpc) is 2.93. The second-order valence-electron chi connectivity index (χ2n) is 4.16. The van der Waals surface area contributed by atoms with Gasteiger partial charge in [0.05, 0.1) is 21.1 Å². The number of phenolic OH excluding ortho intramolecular Hbond substituents is 1. The molecule has 0 bridgehead atoms. The van der Waals surface area contributed by atoms with Crippen LogP contribution in [0.25, 0.3) is 21.5 Å². The van der Waals surface area contributed by atoms with Crippen LogP contribution < -0.4 is 0 Å². The molecule has 2 heterocycles. The van der Waals surface area contributed by atoms with Crippen molar-refractivity contribution in [3.8, 4) is 16.3 Å². The summed E-state index contributed by atoms with van der Waals surface area (Å²) in [5.41, 5.74) is 1.77. The number of hydrogen-bond acceptors (Lipinski definition) is 2. The zero-order valence-electron chi connectivity index (χ0n) is 9.83. The van der Waals surface area contributed by atoms with E-state index < -0.39 is 0 Å². The van der Waals surface area contributed by atoms with Crippen molar-refractivity contribution in [1.82, 2.24) is 4.98 Å². The maximum absolute atomic E-state index is 9.78. The van der Waals surface area contributed by atoms with Crippen LogP contribution in [0.3, 0.4) is 0 Å². The van der Waals surface area contributed by atoms with Crippen LogP contribution in [0.4, 0.5) is 0 Å². The van der Waals surface area contributed by atoms with Gasteiger partial charge in [-0.1, -0.05) is 30.7 Å². The quantitative estimate of drug-likeness (QED) is 0.692. The summed E-state index contributed by atoms with van der Waals surface area (Å²) in [5.74, 6) is 0.275. The Hall–Kier alpha value is -1.45. The smallest absolute Gasteiger partial charge is 0.139 e. The molecule has 0 aliphatic carbocycles. The van der Waals surface area contributed by atoms with Crippen molar-refractivity contribution in [3.63, 3.8) is 0 Å². The van der Waals surface area contributed by atoms with Gasteiger partial charge in [-0.25, -0.2) is 0 Å². The Morgan fingerprint density at radius 3 is 2.83 bits per heavy atom. The van der Waals surface area contributed by atoms with E-state index in [4.69, 9.17) is 11.6 Å². The second kappa shape index (κ2) is 4.34. The van der Waals surface area contributed by atoms with Gasteiger partial charge in [-0.2, -0.15) is 0 Å². The lowest BCUT2D eigenvalue weighted by molar-refractivity contribution is 0.480. The lowest BCUT2D eigenvalue weighted by atomic mass is 10.2. The normalized spacial score (nSPS) is 11.2. The number of nitrogens with one attached hydrogen (secondary N) is 1. The van der Waals surface area contributed by atoms with Crippen LogP contribution in [0.15, 0.2) is 30.3 Å². The van der Waals surface area contributed by atoms with Gasteiger partial charge in [-0.05, 0) is 24.6 Å². The minimum atomic E-state index is 0.275. The fraction of sp³-hybridized carbons (Fsp3) is 0.143. The maximum Gasteiger partial charge on any atom is 0.139 e. The molecule has 2 nitrogen and oxygen atoms in total. The van der Waals surface area contributed by atoms with Crippen LogP contribution in [-0.4, -0.2) is 10.1 Å². The Balaban J connectivity index is 2.16. The molecule has 0 amide bonds. The molecule has 3 rings (SSSR count). The zero-order chi connectivity index (χ0) is 12.7. The molecule has 1 aromatic carbocycles. The molecule has 0 radical (unpaired) electrons. The first-order chi connectivity index (χ1) is 8.69. The minimum absolute atomic E-state index is 0.275. The third-order valence-corrected chi connectivity index (χ3v) is 4.74. The Labute approximate surface area is 114 Å². The fourth-order valence-electron chi connectivity index (χ4n) is 2.05. The van der Waals surface area contributed by atoms with E-state index in [1.807, 2.05) is 24.3 Å². The monoisotopic (exact) mass is 277 g/mol. The highest BCUT2D eigenvalue weighted by molar-refractivity contribution is 7.16. The average molecular weight is 278 g/mol. The number of fused-ring (bicyclic) bond motifs is 1. The van der Waals surface area contributed by atoms with Crippen molar-refractivity contribution in [2.45, 2.75) is 13.3 Å². The van der Waals surface area contributed by atoms with Gasteiger partial charge in [0.2, 0.25) is 0 Å². The first-order valence-electron chi connectivity index (χ1n) is 5.78. The molecule has 92 valence electrons. The molecular formula is C14H12ClNOS. The molecule has 3 aromatic rings. The summed E-state index contributed by atoms with van der Waals surface area (Å²) in [6, 6.07) is 9.52. The van der Waals surface area contributed by atoms with E-state index in [-0.39, 0.29) is 5.75 Å². The minimum Gasteiger partial charge on any atom is -0.506 e. The number of aryl methyl sites for hydroxylation is 1. The topological polar surface area (TPSA) is 36.0 Å². The van der Waals surface area contributed by atoms with Crippen molar-refractivity contribution in [1.29, 1.82) is 0 Å². The number of aromatic hydroxyl groups is 1. The van der Waals surface area contributed by atoms with E-state index in [1.54, 1.807) is 17.4 Å². The third-order valence-electron chi connectivity index (χ3n) is 2.98. The second-order valence-corrected chi connectivity index (χ2v) is 5.70. The van der Waals surface area contributed by atoms with Crippen LogP contribution in [0.2, 0.25) is 5.02 Å². The lowest BCUT2D eigenvalue weighted by Crippen LogP contribution is -1.71. The van der Waals surface area contributed by atoms with E-state index in [1.165, 1.54) is 4.88 Å². The Morgan fingerprint density at radius 1 is 1.33 bits per heavy atom. The van der Waals surface area contributed by atoms with Crippen molar-refractivity contribution in [2.75, 3.05) is 0 Å². The van der Waals surface area contributed by atoms with Gasteiger partial charge in [0.1, 0.15) is 5.75 Å². The number of para-hydroxylation sites is 1. The van der Waals surface area contributed by atoms with E-state index in [9.17, 15) is 5.11 Å².